The fourth-order valence-corrected chi connectivity index (χ4v) is 4.00. The van der Waals surface area contributed by atoms with Gasteiger partial charge in [0.25, 0.3) is 0 Å². The van der Waals surface area contributed by atoms with E-state index in [4.69, 9.17) is 9.47 Å². The summed E-state index contributed by atoms with van der Waals surface area (Å²) >= 11 is 0. The van der Waals surface area contributed by atoms with Gasteiger partial charge in [-0.05, 0) is 38.3 Å². The number of benzene rings is 1. The molecule has 0 spiro atoms. The van der Waals surface area contributed by atoms with Crippen LogP contribution in [0.1, 0.15) is 26.2 Å². The molecule has 1 saturated heterocycles. The van der Waals surface area contributed by atoms with E-state index in [0.29, 0.717) is 24.6 Å². The zero-order chi connectivity index (χ0) is 16.4. The first-order chi connectivity index (χ1) is 11.0. The van der Waals surface area contributed by atoms with Crippen molar-refractivity contribution < 1.29 is 22.7 Å². The number of nitrogens with one attached hydrogen (secondary N) is 1. The number of carbonyl (C=O) groups excluding carboxylic acids is 1. The molecule has 23 heavy (non-hydrogen) atoms. The van der Waals surface area contributed by atoms with Gasteiger partial charge in [0.1, 0.15) is 0 Å². The first-order valence-corrected chi connectivity index (χ1v) is 9.16. The molecular formula is C15H20N2O5S. The standard InChI is InChI=1S/C15H20N2O5S/c1-11(15(18)17-7-3-2-4-8-17)16-23(19,20)12-5-6-13-14(9-12)22-10-21-13/h5-6,9,11,16H,2-4,7-8,10H2,1H3/t11-/m0/s1. The summed E-state index contributed by atoms with van der Waals surface area (Å²) in [5, 5.41) is 0. The summed E-state index contributed by atoms with van der Waals surface area (Å²) in [6.45, 7) is 3.03. The number of hydrogen-bond acceptors (Lipinski definition) is 5. The summed E-state index contributed by atoms with van der Waals surface area (Å²) in [5.74, 6) is 0.721. The Balaban J connectivity index is 1.71. The molecule has 2 aliphatic heterocycles. The molecule has 0 aromatic heterocycles. The van der Waals surface area contributed by atoms with E-state index >= 15 is 0 Å². The molecule has 0 bridgehead atoms. The van der Waals surface area contributed by atoms with Gasteiger partial charge in [-0.2, -0.15) is 4.72 Å². The monoisotopic (exact) mass is 340 g/mol. The number of fused-ring (bicyclic) bond motifs is 1. The predicted octanol–water partition coefficient (Wildman–Crippen LogP) is 1.09. The number of carbonyl (C=O) groups is 1. The van der Waals surface area contributed by atoms with Crippen LogP contribution in [0, 0.1) is 0 Å². The van der Waals surface area contributed by atoms with Gasteiger partial charge < -0.3 is 14.4 Å². The maximum atomic E-state index is 12.5. The Labute approximate surface area is 135 Å². The molecule has 3 rings (SSSR count). The first kappa shape index (κ1) is 16.1. The van der Waals surface area contributed by atoms with Crippen molar-refractivity contribution >= 4 is 15.9 Å². The molecule has 2 aliphatic rings. The van der Waals surface area contributed by atoms with Crippen LogP contribution >= 0.6 is 0 Å². The van der Waals surface area contributed by atoms with Crippen LogP contribution in [0.2, 0.25) is 0 Å². The summed E-state index contributed by atoms with van der Waals surface area (Å²) in [6, 6.07) is 3.59. The lowest BCUT2D eigenvalue weighted by Gasteiger charge is -2.29. The van der Waals surface area contributed by atoms with Crippen LogP contribution < -0.4 is 14.2 Å². The average molecular weight is 340 g/mol. The van der Waals surface area contributed by atoms with Gasteiger partial charge in [-0.25, -0.2) is 8.42 Å². The van der Waals surface area contributed by atoms with E-state index in [1.807, 2.05) is 0 Å². The van der Waals surface area contributed by atoms with Gasteiger partial charge in [-0.3, -0.25) is 4.79 Å². The molecule has 1 atom stereocenters. The number of hydrogen-bond donors (Lipinski definition) is 1. The highest BCUT2D eigenvalue weighted by Gasteiger charge is 2.27. The van der Waals surface area contributed by atoms with Crippen LogP contribution in [0.3, 0.4) is 0 Å². The van der Waals surface area contributed by atoms with E-state index in [2.05, 4.69) is 4.72 Å². The molecule has 1 N–H and O–H groups in total. The summed E-state index contributed by atoms with van der Waals surface area (Å²) in [7, 11) is -3.80. The smallest absolute Gasteiger partial charge is 0.241 e. The summed E-state index contributed by atoms with van der Waals surface area (Å²) < 4.78 is 37.7. The fourth-order valence-electron chi connectivity index (χ4n) is 2.78. The van der Waals surface area contributed by atoms with E-state index in [9.17, 15) is 13.2 Å². The minimum atomic E-state index is -3.80. The van der Waals surface area contributed by atoms with Crippen molar-refractivity contribution in [3.63, 3.8) is 0 Å². The maximum absolute atomic E-state index is 12.5. The molecule has 126 valence electrons. The van der Waals surface area contributed by atoms with Crippen LogP contribution in [0.4, 0.5) is 0 Å². The highest BCUT2D eigenvalue weighted by atomic mass is 32.2. The van der Waals surface area contributed by atoms with Gasteiger partial charge in [-0.15, -0.1) is 0 Å². The molecule has 0 aliphatic carbocycles. The van der Waals surface area contributed by atoms with E-state index in [1.165, 1.54) is 12.1 Å². The molecule has 1 fully saturated rings. The van der Waals surface area contributed by atoms with Crippen LogP contribution in [-0.2, 0) is 14.8 Å². The van der Waals surface area contributed by atoms with Crippen molar-refractivity contribution in [3.8, 4) is 11.5 Å². The number of nitrogens with zero attached hydrogens (tertiary/aromatic N) is 1. The first-order valence-electron chi connectivity index (χ1n) is 7.68. The molecule has 1 aromatic rings. The van der Waals surface area contributed by atoms with Gasteiger partial charge in [0.15, 0.2) is 11.5 Å². The molecule has 7 nitrogen and oxygen atoms in total. The second-order valence-electron chi connectivity index (χ2n) is 5.74. The Bertz CT molecular complexity index is 698. The number of rotatable bonds is 4. The molecule has 2 heterocycles. The molecular weight excluding hydrogens is 320 g/mol. The molecule has 1 amide bonds. The third kappa shape index (κ3) is 3.42. The Morgan fingerprint density at radius 1 is 1.17 bits per heavy atom. The van der Waals surface area contributed by atoms with Gasteiger partial charge in [0.05, 0.1) is 10.9 Å². The summed E-state index contributed by atoms with van der Waals surface area (Å²) in [5.41, 5.74) is 0. The van der Waals surface area contributed by atoms with Crippen LogP contribution in [0.15, 0.2) is 23.1 Å². The second-order valence-corrected chi connectivity index (χ2v) is 7.46. The lowest BCUT2D eigenvalue weighted by Crippen LogP contribution is -2.48. The topological polar surface area (TPSA) is 84.9 Å². The molecule has 0 radical (unpaired) electrons. The minimum Gasteiger partial charge on any atom is -0.454 e. The molecule has 8 heteroatoms. The van der Waals surface area contributed by atoms with E-state index in [1.54, 1.807) is 17.9 Å². The Morgan fingerprint density at radius 2 is 1.87 bits per heavy atom. The maximum Gasteiger partial charge on any atom is 0.241 e. The zero-order valence-electron chi connectivity index (χ0n) is 12.9. The third-order valence-corrected chi connectivity index (χ3v) is 5.56. The number of sulfonamides is 1. The van der Waals surface area contributed by atoms with Gasteiger partial charge in [0, 0.05) is 19.2 Å². The third-order valence-electron chi connectivity index (χ3n) is 4.02. The van der Waals surface area contributed by atoms with Crippen molar-refractivity contribution in [2.75, 3.05) is 19.9 Å². The lowest BCUT2D eigenvalue weighted by molar-refractivity contribution is -0.133. The van der Waals surface area contributed by atoms with Crippen molar-refractivity contribution in [2.24, 2.45) is 0 Å². The van der Waals surface area contributed by atoms with Gasteiger partial charge in [-0.1, -0.05) is 0 Å². The normalized spacial score (nSPS) is 18.7. The number of likely N-dealkylation sites (tertiary alicyclic amines) is 1. The fraction of sp³-hybridized carbons (Fsp3) is 0.533. The quantitative estimate of drug-likeness (QED) is 0.887. The number of ether oxygens (including phenoxy) is 2. The predicted molar refractivity (Wildman–Crippen MR) is 82.8 cm³/mol. The summed E-state index contributed by atoms with van der Waals surface area (Å²) in [6.07, 6.45) is 3.04. The number of amides is 1. The SMILES string of the molecule is C[C@H](NS(=O)(=O)c1ccc2c(c1)OCO2)C(=O)N1CCCCC1. The van der Waals surface area contributed by atoms with Crippen molar-refractivity contribution in [1.29, 1.82) is 0 Å². The van der Waals surface area contributed by atoms with E-state index < -0.39 is 16.1 Å². The Hall–Kier alpha value is -1.80. The van der Waals surface area contributed by atoms with Crippen molar-refractivity contribution in [1.82, 2.24) is 9.62 Å². The van der Waals surface area contributed by atoms with Crippen molar-refractivity contribution in [3.05, 3.63) is 18.2 Å². The minimum absolute atomic E-state index is 0.0556. The lowest BCUT2D eigenvalue weighted by atomic mass is 10.1. The highest BCUT2D eigenvalue weighted by Crippen LogP contribution is 2.33. The molecule has 0 saturated carbocycles. The molecule has 1 aromatic carbocycles. The highest BCUT2D eigenvalue weighted by molar-refractivity contribution is 7.89. The average Bonchev–Trinajstić information content (AvgIpc) is 3.02. The van der Waals surface area contributed by atoms with Crippen LogP contribution in [-0.4, -0.2) is 45.1 Å². The van der Waals surface area contributed by atoms with Crippen LogP contribution in [0.5, 0.6) is 11.5 Å². The number of piperidine rings is 1. The van der Waals surface area contributed by atoms with Gasteiger partial charge >= 0.3 is 0 Å². The van der Waals surface area contributed by atoms with Crippen molar-refractivity contribution in [2.45, 2.75) is 37.1 Å². The Morgan fingerprint density at radius 3 is 2.61 bits per heavy atom. The largest absolute Gasteiger partial charge is 0.454 e. The van der Waals surface area contributed by atoms with Crippen LogP contribution in [0.25, 0.3) is 0 Å². The van der Waals surface area contributed by atoms with E-state index in [-0.39, 0.29) is 17.6 Å². The molecule has 0 unspecified atom stereocenters. The van der Waals surface area contributed by atoms with Gasteiger partial charge in [0.2, 0.25) is 22.7 Å². The second kappa shape index (κ2) is 6.37. The zero-order valence-corrected chi connectivity index (χ0v) is 13.8. The van der Waals surface area contributed by atoms with E-state index in [0.717, 1.165) is 19.3 Å². The Kier molecular flexibility index (Phi) is 4.45. The summed E-state index contributed by atoms with van der Waals surface area (Å²) in [4.78, 5) is 14.1.